The van der Waals surface area contributed by atoms with Crippen LogP contribution in [0.25, 0.3) is 0 Å². The molecule has 3 rings (SSSR count). The van der Waals surface area contributed by atoms with Gasteiger partial charge < -0.3 is 9.84 Å². The fourth-order valence-corrected chi connectivity index (χ4v) is 3.83. The van der Waals surface area contributed by atoms with Gasteiger partial charge in [0, 0.05) is 12.3 Å². The number of carbonyl (C=O) groups is 2. The molecule has 0 saturated heterocycles. The van der Waals surface area contributed by atoms with Crippen molar-refractivity contribution in [1.82, 2.24) is 0 Å². The number of cyclic esters (lactones) is 1. The lowest BCUT2D eigenvalue weighted by atomic mass is 9.79. The molecule has 4 heteroatoms. The quantitative estimate of drug-likeness (QED) is 0.505. The molecule has 2 aromatic carbocycles. The van der Waals surface area contributed by atoms with E-state index in [9.17, 15) is 14.7 Å². The number of carbonyl (C=O) groups excluding carboxylic acids is 2. The monoisotopic (exact) mass is 390 g/mol. The van der Waals surface area contributed by atoms with Gasteiger partial charge >= 0.3 is 5.97 Å². The number of ether oxygens (including phenoxy) is 1. The van der Waals surface area contributed by atoms with Crippen molar-refractivity contribution in [2.24, 2.45) is 0 Å². The van der Waals surface area contributed by atoms with Crippen LogP contribution in [0.3, 0.4) is 0 Å². The van der Waals surface area contributed by atoms with E-state index in [-0.39, 0.29) is 12.0 Å². The van der Waals surface area contributed by atoms with E-state index in [1.165, 1.54) is 0 Å². The number of Topliss-reactive ketones (excluding diaryl/α,β-unsaturated/α-hetero) is 1. The summed E-state index contributed by atoms with van der Waals surface area (Å²) in [4.78, 5) is 26.4. The van der Waals surface area contributed by atoms with Crippen molar-refractivity contribution < 1.29 is 19.4 Å². The number of aliphatic hydroxyl groups is 1. The van der Waals surface area contributed by atoms with Gasteiger partial charge in [0.2, 0.25) is 5.78 Å². The molecule has 1 heterocycles. The van der Waals surface area contributed by atoms with Gasteiger partial charge in [0.05, 0.1) is 5.57 Å². The lowest BCUT2D eigenvalue weighted by molar-refractivity contribution is -0.168. The van der Waals surface area contributed by atoms with Crippen molar-refractivity contribution in [2.75, 3.05) is 0 Å². The van der Waals surface area contributed by atoms with E-state index in [4.69, 9.17) is 4.74 Å². The van der Waals surface area contributed by atoms with Gasteiger partial charge in [-0.15, -0.1) is 6.58 Å². The second kappa shape index (κ2) is 8.91. The largest absolute Gasteiger partial charge is 0.504 e. The van der Waals surface area contributed by atoms with Crippen LogP contribution in [0.1, 0.15) is 43.2 Å². The van der Waals surface area contributed by atoms with Crippen LogP contribution < -0.4 is 0 Å². The number of esters is 1. The number of aliphatic hydroxyl groups excluding tert-OH is 1. The molecule has 0 bridgehead atoms. The molecule has 29 heavy (non-hydrogen) atoms. The van der Waals surface area contributed by atoms with E-state index in [1.54, 1.807) is 6.08 Å². The van der Waals surface area contributed by atoms with E-state index in [0.717, 1.165) is 17.5 Å². The highest BCUT2D eigenvalue weighted by Crippen LogP contribution is 2.38. The fraction of sp³-hybridized carbons (Fsp3) is 0.280. The van der Waals surface area contributed by atoms with Gasteiger partial charge in [0.15, 0.2) is 11.4 Å². The predicted molar refractivity (Wildman–Crippen MR) is 113 cm³/mol. The minimum absolute atomic E-state index is 0.0450. The number of hydrogen-bond acceptors (Lipinski definition) is 4. The van der Waals surface area contributed by atoms with Gasteiger partial charge in [-0.25, -0.2) is 4.79 Å². The summed E-state index contributed by atoms with van der Waals surface area (Å²) >= 11 is 0. The Morgan fingerprint density at radius 1 is 1.07 bits per heavy atom. The molecule has 0 aromatic heterocycles. The van der Waals surface area contributed by atoms with Crippen LogP contribution in [0, 0.1) is 0 Å². The van der Waals surface area contributed by atoms with Crippen LogP contribution >= 0.6 is 0 Å². The minimum atomic E-state index is -1.38. The van der Waals surface area contributed by atoms with Crippen molar-refractivity contribution >= 4 is 11.8 Å². The van der Waals surface area contributed by atoms with Gasteiger partial charge in [-0.05, 0) is 24.0 Å². The maximum Gasteiger partial charge on any atom is 0.339 e. The normalized spacial score (nSPS) is 20.3. The highest BCUT2D eigenvalue weighted by atomic mass is 16.6. The molecular weight excluding hydrogens is 364 g/mol. The van der Waals surface area contributed by atoms with Crippen LogP contribution in [0.4, 0.5) is 0 Å². The highest BCUT2D eigenvalue weighted by molar-refractivity contribution is 6.11. The predicted octanol–water partition coefficient (Wildman–Crippen LogP) is 5.07. The van der Waals surface area contributed by atoms with Crippen LogP contribution in [0.2, 0.25) is 0 Å². The van der Waals surface area contributed by atoms with E-state index >= 15 is 0 Å². The molecule has 0 saturated carbocycles. The molecule has 2 unspecified atom stereocenters. The molecular formula is C25H26O4. The molecule has 0 aliphatic carbocycles. The third-order valence-corrected chi connectivity index (χ3v) is 5.36. The summed E-state index contributed by atoms with van der Waals surface area (Å²) in [5.74, 6) is -2.33. The minimum Gasteiger partial charge on any atom is -0.504 e. The van der Waals surface area contributed by atoms with Gasteiger partial charge in [0.25, 0.3) is 0 Å². The summed E-state index contributed by atoms with van der Waals surface area (Å²) in [6, 6.07) is 18.6. The van der Waals surface area contributed by atoms with Crippen molar-refractivity contribution in [3.05, 3.63) is 95.8 Å². The lowest BCUT2D eigenvalue weighted by Gasteiger charge is -2.37. The summed E-state index contributed by atoms with van der Waals surface area (Å²) in [7, 11) is 0. The molecule has 0 fully saturated rings. The number of allylic oxidation sites excluding steroid dienone is 1. The van der Waals surface area contributed by atoms with Crippen molar-refractivity contribution in [3.63, 3.8) is 0 Å². The molecule has 2 atom stereocenters. The average molecular weight is 390 g/mol. The molecule has 0 radical (unpaired) electrons. The number of unbranched alkanes of at least 4 members (excludes halogenated alkanes) is 1. The zero-order valence-corrected chi connectivity index (χ0v) is 16.6. The van der Waals surface area contributed by atoms with Crippen LogP contribution in [0.5, 0.6) is 0 Å². The Hall–Kier alpha value is -3.14. The molecule has 1 aliphatic heterocycles. The van der Waals surface area contributed by atoms with Gasteiger partial charge in [-0.1, -0.05) is 80.1 Å². The smallest absolute Gasteiger partial charge is 0.339 e. The molecule has 4 nitrogen and oxygen atoms in total. The molecule has 1 aliphatic rings. The number of hydrogen-bond donors (Lipinski definition) is 1. The third-order valence-electron chi connectivity index (χ3n) is 5.36. The molecule has 2 aromatic rings. The van der Waals surface area contributed by atoms with Gasteiger partial charge in [-0.2, -0.15) is 0 Å². The Labute approximate surface area is 171 Å². The SMILES string of the molecule is C=CC(C1=C(O)C(=O)C(CCCC)(Cc2ccccc2)OC1=O)c1ccccc1. The van der Waals surface area contributed by atoms with E-state index in [2.05, 4.69) is 6.58 Å². The second-order valence-electron chi connectivity index (χ2n) is 7.37. The molecule has 0 spiro atoms. The van der Waals surface area contributed by atoms with Crippen molar-refractivity contribution in [1.29, 1.82) is 0 Å². The van der Waals surface area contributed by atoms with E-state index < -0.39 is 29.0 Å². The first kappa shape index (κ1) is 20.6. The Bertz CT molecular complexity index is 914. The summed E-state index contributed by atoms with van der Waals surface area (Å²) in [5.41, 5.74) is 0.211. The maximum atomic E-state index is 13.3. The third kappa shape index (κ3) is 4.16. The van der Waals surface area contributed by atoms with Crippen LogP contribution in [-0.4, -0.2) is 22.5 Å². The molecule has 1 N–H and O–H groups in total. The lowest BCUT2D eigenvalue weighted by Crippen LogP contribution is -2.50. The first-order valence-electron chi connectivity index (χ1n) is 9.95. The highest BCUT2D eigenvalue weighted by Gasteiger charge is 2.50. The second-order valence-corrected chi connectivity index (χ2v) is 7.37. The summed E-state index contributed by atoms with van der Waals surface area (Å²) in [6.07, 6.45) is 3.70. The molecule has 0 amide bonds. The zero-order chi connectivity index (χ0) is 20.9. The van der Waals surface area contributed by atoms with Crippen molar-refractivity contribution in [2.45, 2.75) is 44.1 Å². The Balaban J connectivity index is 2.04. The van der Waals surface area contributed by atoms with Crippen LogP contribution in [0.15, 0.2) is 84.7 Å². The zero-order valence-electron chi connectivity index (χ0n) is 16.6. The first-order chi connectivity index (χ1) is 14.0. The van der Waals surface area contributed by atoms with Gasteiger partial charge in [-0.3, -0.25) is 4.79 Å². The maximum absolute atomic E-state index is 13.3. The van der Waals surface area contributed by atoms with Crippen molar-refractivity contribution in [3.8, 4) is 0 Å². The Morgan fingerprint density at radius 3 is 2.28 bits per heavy atom. The summed E-state index contributed by atoms with van der Waals surface area (Å²) < 4.78 is 5.83. The van der Waals surface area contributed by atoms with Crippen LogP contribution in [-0.2, 0) is 20.7 Å². The number of ketones is 1. The molecule has 150 valence electrons. The standard InChI is InChI=1S/C25H26O4/c1-3-5-16-25(17-18-12-8-6-9-13-18)23(27)22(26)21(24(28)29-25)20(4-2)19-14-10-7-11-15-19/h4,6-15,20,26H,2-3,5,16-17H2,1H3. The topological polar surface area (TPSA) is 63.6 Å². The van der Waals surface area contributed by atoms with E-state index in [1.807, 2.05) is 67.6 Å². The summed E-state index contributed by atoms with van der Waals surface area (Å²) in [6.45, 7) is 5.81. The number of benzene rings is 2. The van der Waals surface area contributed by atoms with E-state index in [0.29, 0.717) is 12.8 Å². The number of rotatable bonds is 8. The summed E-state index contributed by atoms with van der Waals surface area (Å²) in [5, 5.41) is 10.9. The Kier molecular flexibility index (Phi) is 6.32. The first-order valence-corrected chi connectivity index (χ1v) is 9.95. The van der Waals surface area contributed by atoms with Gasteiger partial charge in [0.1, 0.15) is 0 Å². The Morgan fingerprint density at radius 2 is 1.69 bits per heavy atom. The fourth-order valence-electron chi connectivity index (χ4n) is 3.83. The average Bonchev–Trinajstić information content (AvgIpc) is 2.75.